The number of rotatable bonds is 3. The molecule has 0 atom stereocenters. The first kappa shape index (κ1) is 14.6. The maximum atomic E-state index is 12.2. The molecule has 1 aromatic carbocycles. The van der Waals surface area contributed by atoms with Crippen LogP contribution in [0.5, 0.6) is 0 Å². The predicted molar refractivity (Wildman–Crippen MR) is 88.4 cm³/mol. The van der Waals surface area contributed by atoms with Crippen LogP contribution in [0.1, 0.15) is 35.3 Å². The monoisotopic (exact) mass is 298 g/mol. The normalized spacial score (nSPS) is 14.9. The van der Waals surface area contributed by atoms with Crippen molar-refractivity contribution in [3.05, 3.63) is 41.7 Å². The lowest BCUT2D eigenvalue weighted by atomic mass is 10.1. The van der Waals surface area contributed by atoms with Gasteiger partial charge in [0.1, 0.15) is 0 Å². The van der Waals surface area contributed by atoms with Crippen molar-refractivity contribution >= 4 is 17.3 Å². The third-order valence-electron chi connectivity index (χ3n) is 4.07. The largest absolute Gasteiger partial charge is 0.372 e. The van der Waals surface area contributed by atoms with Gasteiger partial charge in [-0.1, -0.05) is 0 Å². The summed E-state index contributed by atoms with van der Waals surface area (Å²) in [6.07, 6.45) is 5.69. The topological polar surface area (TPSA) is 50.2 Å². The highest BCUT2D eigenvalue weighted by molar-refractivity contribution is 6.03. The Balaban J connectivity index is 1.68. The highest BCUT2D eigenvalue weighted by Crippen LogP contribution is 2.22. The second-order valence-corrected chi connectivity index (χ2v) is 5.88. The third-order valence-corrected chi connectivity index (χ3v) is 4.07. The molecule has 0 radical (unpaired) electrons. The van der Waals surface area contributed by atoms with Crippen molar-refractivity contribution in [1.82, 2.24) is 9.78 Å². The van der Waals surface area contributed by atoms with Crippen LogP contribution in [0.25, 0.3) is 0 Å². The lowest BCUT2D eigenvalue weighted by molar-refractivity contribution is 0.102. The number of anilines is 2. The lowest BCUT2D eigenvalue weighted by Crippen LogP contribution is -2.29. The van der Waals surface area contributed by atoms with Gasteiger partial charge in [0.25, 0.3) is 5.91 Å². The Labute approximate surface area is 130 Å². The third kappa shape index (κ3) is 3.13. The van der Waals surface area contributed by atoms with Gasteiger partial charge in [-0.2, -0.15) is 5.10 Å². The van der Waals surface area contributed by atoms with E-state index in [9.17, 15) is 4.79 Å². The van der Waals surface area contributed by atoms with Crippen molar-refractivity contribution in [1.29, 1.82) is 0 Å². The Morgan fingerprint density at radius 1 is 1.14 bits per heavy atom. The second kappa shape index (κ2) is 6.22. The molecule has 1 aliphatic heterocycles. The summed E-state index contributed by atoms with van der Waals surface area (Å²) < 4.78 is 1.66. The maximum Gasteiger partial charge on any atom is 0.276 e. The highest BCUT2D eigenvalue weighted by Gasteiger charge is 2.14. The van der Waals surface area contributed by atoms with Gasteiger partial charge in [0.2, 0.25) is 0 Å². The molecule has 0 aliphatic carbocycles. The van der Waals surface area contributed by atoms with Crippen molar-refractivity contribution in [2.24, 2.45) is 7.05 Å². The molecule has 1 aromatic heterocycles. The molecule has 1 amide bonds. The van der Waals surface area contributed by atoms with Gasteiger partial charge in [-0.3, -0.25) is 9.48 Å². The summed E-state index contributed by atoms with van der Waals surface area (Å²) in [7, 11) is 1.82. The first-order chi connectivity index (χ1) is 10.6. The Bertz CT molecular complexity index is 654. The van der Waals surface area contributed by atoms with E-state index in [0.29, 0.717) is 5.69 Å². The van der Waals surface area contributed by atoms with Crippen molar-refractivity contribution in [3.8, 4) is 0 Å². The zero-order chi connectivity index (χ0) is 15.5. The fraction of sp³-hybridized carbons (Fsp3) is 0.412. The van der Waals surface area contributed by atoms with E-state index in [0.717, 1.165) is 24.3 Å². The second-order valence-electron chi connectivity index (χ2n) is 5.88. The van der Waals surface area contributed by atoms with Gasteiger partial charge < -0.3 is 10.2 Å². The zero-order valence-corrected chi connectivity index (χ0v) is 13.2. The molecule has 2 aromatic rings. The van der Waals surface area contributed by atoms with Crippen LogP contribution in [-0.2, 0) is 7.05 Å². The van der Waals surface area contributed by atoms with Crippen molar-refractivity contribution in [2.75, 3.05) is 23.3 Å². The molecule has 3 rings (SSSR count). The van der Waals surface area contributed by atoms with Gasteiger partial charge in [0.05, 0.1) is 0 Å². The summed E-state index contributed by atoms with van der Waals surface area (Å²) in [4.78, 5) is 14.6. The zero-order valence-electron chi connectivity index (χ0n) is 13.2. The average Bonchev–Trinajstić information content (AvgIpc) is 2.88. The van der Waals surface area contributed by atoms with Gasteiger partial charge in [-0.15, -0.1) is 0 Å². The smallest absolute Gasteiger partial charge is 0.276 e. The van der Waals surface area contributed by atoms with Gasteiger partial charge >= 0.3 is 0 Å². The van der Waals surface area contributed by atoms with E-state index in [2.05, 4.69) is 27.4 Å². The number of benzene rings is 1. The molecule has 1 fully saturated rings. The first-order valence-electron chi connectivity index (χ1n) is 7.80. The number of piperidine rings is 1. The molecule has 22 heavy (non-hydrogen) atoms. The van der Waals surface area contributed by atoms with E-state index >= 15 is 0 Å². The molecular weight excluding hydrogens is 276 g/mol. The number of aromatic nitrogens is 2. The molecule has 5 heteroatoms. The molecule has 0 bridgehead atoms. The van der Waals surface area contributed by atoms with Crippen LogP contribution in [0.3, 0.4) is 0 Å². The molecular formula is C17H22N4O. The average molecular weight is 298 g/mol. The van der Waals surface area contributed by atoms with Crippen molar-refractivity contribution in [3.63, 3.8) is 0 Å². The van der Waals surface area contributed by atoms with Crippen LogP contribution < -0.4 is 10.2 Å². The van der Waals surface area contributed by atoms with Gasteiger partial charge in [-0.25, -0.2) is 0 Å². The number of carbonyl (C=O) groups is 1. The van der Waals surface area contributed by atoms with Gasteiger partial charge in [0.15, 0.2) is 5.69 Å². The number of carbonyl (C=O) groups excluding carboxylic acids is 1. The van der Waals surface area contributed by atoms with Crippen LogP contribution >= 0.6 is 0 Å². The Hall–Kier alpha value is -2.30. The minimum atomic E-state index is -0.163. The molecule has 2 heterocycles. The standard InChI is InChI=1S/C17H22N4O/c1-13-12-20(2)19-16(13)17(22)18-14-6-8-15(9-7-14)21-10-4-3-5-11-21/h6-9,12H,3-5,10-11H2,1-2H3,(H,18,22). The summed E-state index contributed by atoms with van der Waals surface area (Å²) in [5, 5.41) is 7.10. The predicted octanol–water partition coefficient (Wildman–Crippen LogP) is 2.97. The molecule has 116 valence electrons. The SMILES string of the molecule is Cc1cn(C)nc1C(=O)Nc1ccc(N2CCCCC2)cc1. The fourth-order valence-electron chi connectivity index (χ4n) is 2.93. The summed E-state index contributed by atoms with van der Waals surface area (Å²) in [6, 6.07) is 8.07. The summed E-state index contributed by atoms with van der Waals surface area (Å²) in [6.45, 7) is 4.14. The number of hydrogen-bond acceptors (Lipinski definition) is 3. The Morgan fingerprint density at radius 3 is 2.41 bits per heavy atom. The minimum absolute atomic E-state index is 0.163. The lowest BCUT2D eigenvalue weighted by Gasteiger charge is -2.28. The number of amides is 1. The van der Waals surface area contributed by atoms with Crippen LogP contribution in [0.2, 0.25) is 0 Å². The van der Waals surface area contributed by atoms with E-state index < -0.39 is 0 Å². The molecule has 0 spiro atoms. The molecule has 1 N–H and O–H groups in total. The Morgan fingerprint density at radius 2 is 1.82 bits per heavy atom. The minimum Gasteiger partial charge on any atom is -0.372 e. The summed E-state index contributed by atoms with van der Waals surface area (Å²) in [5.74, 6) is -0.163. The van der Waals surface area contributed by atoms with E-state index in [1.54, 1.807) is 4.68 Å². The fourth-order valence-corrected chi connectivity index (χ4v) is 2.93. The van der Waals surface area contributed by atoms with Crippen molar-refractivity contribution in [2.45, 2.75) is 26.2 Å². The van der Waals surface area contributed by atoms with Crippen LogP contribution in [0.15, 0.2) is 30.5 Å². The van der Waals surface area contributed by atoms with Crippen LogP contribution in [0.4, 0.5) is 11.4 Å². The molecule has 5 nitrogen and oxygen atoms in total. The van der Waals surface area contributed by atoms with Crippen molar-refractivity contribution < 1.29 is 4.79 Å². The van der Waals surface area contributed by atoms with Crippen LogP contribution in [-0.4, -0.2) is 28.8 Å². The number of nitrogens with one attached hydrogen (secondary N) is 1. The van der Waals surface area contributed by atoms with E-state index in [1.165, 1.54) is 24.9 Å². The number of aryl methyl sites for hydroxylation is 2. The van der Waals surface area contributed by atoms with E-state index in [1.807, 2.05) is 32.3 Å². The first-order valence-corrected chi connectivity index (χ1v) is 7.80. The highest BCUT2D eigenvalue weighted by atomic mass is 16.2. The number of hydrogen-bond donors (Lipinski definition) is 1. The van der Waals surface area contributed by atoms with E-state index in [-0.39, 0.29) is 5.91 Å². The summed E-state index contributed by atoms with van der Waals surface area (Å²) >= 11 is 0. The molecule has 0 unspecified atom stereocenters. The van der Waals surface area contributed by atoms with Gasteiger partial charge in [-0.05, 0) is 50.5 Å². The van der Waals surface area contributed by atoms with E-state index in [4.69, 9.17) is 0 Å². The summed E-state index contributed by atoms with van der Waals surface area (Å²) in [5.41, 5.74) is 3.38. The Kier molecular flexibility index (Phi) is 4.13. The molecule has 0 saturated carbocycles. The molecule has 1 aliphatic rings. The maximum absolute atomic E-state index is 12.2. The van der Waals surface area contributed by atoms with Crippen LogP contribution in [0, 0.1) is 6.92 Å². The van der Waals surface area contributed by atoms with Gasteiger partial charge in [0, 0.05) is 43.3 Å². The number of nitrogens with zero attached hydrogens (tertiary/aromatic N) is 3. The quantitative estimate of drug-likeness (QED) is 0.947. The molecule has 1 saturated heterocycles.